The Morgan fingerprint density at radius 2 is 1.95 bits per heavy atom. The van der Waals surface area contributed by atoms with Gasteiger partial charge in [0.25, 0.3) is 0 Å². The number of aliphatic imine (C=N–C) groups is 1. The van der Waals surface area contributed by atoms with Crippen LogP contribution in [0.15, 0.2) is 58.0 Å². The van der Waals surface area contributed by atoms with Gasteiger partial charge in [0.05, 0.1) is 11.4 Å². The fraction of sp³-hybridized carbons (Fsp3) is 0.0625. The van der Waals surface area contributed by atoms with Gasteiger partial charge in [-0.2, -0.15) is 0 Å². The Morgan fingerprint density at radius 3 is 2.67 bits per heavy atom. The number of aromatic nitrogens is 1. The molecule has 5 heteroatoms. The van der Waals surface area contributed by atoms with Gasteiger partial charge in [0.1, 0.15) is 0 Å². The number of H-pyrrole nitrogens is 1. The van der Waals surface area contributed by atoms with Gasteiger partial charge in [0.2, 0.25) is 0 Å². The highest BCUT2D eigenvalue weighted by molar-refractivity contribution is 9.10. The molecule has 3 aromatic rings. The molecule has 0 aliphatic carbocycles. The van der Waals surface area contributed by atoms with Crippen LogP contribution in [0.2, 0.25) is 0 Å². The molecule has 3 N–H and O–H groups in total. The molecule has 0 spiro atoms. The second-order valence-corrected chi connectivity index (χ2v) is 5.64. The smallest absolute Gasteiger partial charge is 0.174 e. The summed E-state index contributed by atoms with van der Waals surface area (Å²) < 4.78 is 1.02. The van der Waals surface area contributed by atoms with Gasteiger partial charge in [-0.3, -0.25) is 10.7 Å². The topological polar surface area (TPSA) is 60.4 Å². The molecule has 0 amide bonds. The fourth-order valence-electron chi connectivity index (χ4n) is 2.30. The summed E-state index contributed by atoms with van der Waals surface area (Å²) in [7, 11) is 0. The van der Waals surface area contributed by atoms with Gasteiger partial charge < -0.3 is 4.98 Å². The van der Waals surface area contributed by atoms with E-state index in [0.717, 1.165) is 32.3 Å². The lowest BCUT2D eigenvalue weighted by molar-refractivity contribution is 0.235. The molecule has 0 unspecified atom stereocenters. The van der Waals surface area contributed by atoms with E-state index in [1.165, 1.54) is 0 Å². The number of para-hydroxylation sites is 1. The minimum atomic E-state index is 0.394. The second kappa shape index (κ2) is 5.71. The zero-order valence-corrected chi connectivity index (χ0v) is 13.0. The lowest BCUT2D eigenvalue weighted by Crippen LogP contribution is -2.21. The number of rotatable bonds is 2. The summed E-state index contributed by atoms with van der Waals surface area (Å²) in [5.41, 5.74) is 5.77. The molecule has 0 atom stereocenters. The number of nitrogens with one attached hydrogen (secondary N) is 2. The molecule has 0 aliphatic heterocycles. The number of hydrogen-bond donors (Lipinski definition) is 3. The zero-order valence-electron chi connectivity index (χ0n) is 11.4. The molecule has 0 fully saturated rings. The van der Waals surface area contributed by atoms with E-state index in [1.807, 2.05) is 55.5 Å². The molecule has 0 saturated heterocycles. The van der Waals surface area contributed by atoms with E-state index in [9.17, 15) is 5.21 Å². The normalized spacial score (nSPS) is 11.9. The highest BCUT2D eigenvalue weighted by Gasteiger charge is 2.13. The Kier molecular flexibility index (Phi) is 3.77. The van der Waals surface area contributed by atoms with Gasteiger partial charge in [-0.15, -0.1) is 0 Å². The second-order valence-electron chi connectivity index (χ2n) is 4.72. The number of nitrogens with zero attached hydrogens (tertiary/aromatic N) is 1. The first-order valence-electron chi connectivity index (χ1n) is 6.51. The lowest BCUT2D eigenvalue weighted by atomic mass is 10.1. The largest absolute Gasteiger partial charge is 0.352 e. The molecule has 4 nitrogen and oxygen atoms in total. The zero-order chi connectivity index (χ0) is 14.8. The van der Waals surface area contributed by atoms with Crippen molar-refractivity contribution in [3.8, 4) is 0 Å². The molecule has 3 rings (SSSR count). The molecule has 2 aromatic carbocycles. The van der Waals surface area contributed by atoms with Crippen LogP contribution >= 0.6 is 15.9 Å². The van der Waals surface area contributed by atoms with Crippen LogP contribution in [-0.4, -0.2) is 16.0 Å². The molecule has 106 valence electrons. The summed E-state index contributed by atoms with van der Waals surface area (Å²) >= 11 is 3.47. The number of amidine groups is 1. The van der Waals surface area contributed by atoms with Crippen molar-refractivity contribution in [2.75, 3.05) is 0 Å². The van der Waals surface area contributed by atoms with Gasteiger partial charge in [0.15, 0.2) is 5.84 Å². The van der Waals surface area contributed by atoms with E-state index in [1.54, 1.807) is 0 Å². The van der Waals surface area contributed by atoms with Crippen molar-refractivity contribution in [3.63, 3.8) is 0 Å². The summed E-state index contributed by atoms with van der Waals surface area (Å²) in [5, 5.41) is 10.5. The minimum absolute atomic E-state index is 0.394. The van der Waals surface area contributed by atoms with Gasteiger partial charge >= 0.3 is 0 Å². The van der Waals surface area contributed by atoms with Crippen LogP contribution in [0.4, 0.5) is 5.69 Å². The highest BCUT2D eigenvalue weighted by atomic mass is 79.9. The predicted molar refractivity (Wildman–Crippen MR) is 88.3 cm³/mol. The van der Waals surface area contributed by atoms with Gasteiger partial charge in [-0.25, -0.2) is 4.99 Å². The third-order valence-corrected chi connectivity index (χ3v) is 3.85. The molecule has 1 heterocycles. The number of aromatic amines is 1. The highest BCUT2D eigenvalue weighted by Crippen LogP contribution is 2.26. The maximum atomic E-state index is 9.43. The van der Waals surface area contributed by atoms with Crippen molar-refractivity contribution in [3.05, 3.63) is 64.3 Å². The summed E-state index contributed by atoms with van der Waals surface area (Å²) in [5.74, 6) is 0.394. The number of benzene rings is 2. The maximum Gasteiger partial charge on any atom is 0.174 e. The van der Waals surface area contributed by atoms with Gasteiger partial charge in [0, 0.05) is 15.4 Å². The molecular weight excluding hydrogens is 330 g/mol. The van der Waals surface area contributed by atoms with Crippen molar-refractivity contribution in [2.45, 2.75) is 6.92 Å². The standard InChI is InChI=1S/C16H14BrN3O/c1-10-13-9-11(17)7-8-14(13)19-15(10)16(20-21)18-12-5-3-2-4-6-12/h2-9,19,21H,1H3,(H,18,20). The van der Waals surface area contributed by atoms with E-state index >= 15 is 0 Å². The number of hydrogen-bond acceptors (Lipinski definition) is 2. The number of hydroxylamine groups is 1. The van der Waals surface area contributed by atoms with Crippen LogP contribution in [0.5, 0.6) is 0 Å². The van der Waals surface area contributed by atoms with E-state index < -0.39 is 0 Å². The van der Waals surface area contributed by atoms with Gasteiger partial charge in [-0.05, 0) is 42.8 Å². The predicted octanol–water partition coefficient (Wildman–Crippen LogP) is 4.30. The summed E-state index contributed by atoms with van der Waals surface area (Å²) in [4.78, 5) is 7.73. The monoisotopic (exact) mass is 343 g/mol. The van der Waals surface area contributed by atoms with Crippen LogP contribution in [0.1, 0.15) is 11.3 Å². The van der Waals surface area contributed by atoms with Crippen LogP contribution in [0.3, 0.4) is 0 Å². The Morgan fingerprint density at radius 1 is 1.19 bits per heavy atom. The minimum Gasteiger partial charge on any atom is -0.352 e. The first-order valence-corrected chi connectivity index (χ1v) is 7.30. The molecule has 0 saturated carbocycles. The van der Waals surface area contributed by atoms with E-state index in [2.05, 4.69) is 31.4 Å². The van der Waals surface area contributed by atoms with Crippen molar-refractivity contribution in [1.82, 2.24) is 10.5 Å². The Bertz CT molecular complexity index is 809. The average Bonchev–Trinajstić information content (AvgIpc) is 2.83. The van der Waals surface area contributed by atoms with Gasteiger partial charge in [-0.1, -0.05) is 34.1 Å². The molecule has 21 heavy (non-hydrogen) atoms. The SMILES string of the molecule is Cc1c(C(=Nc2ccccc2)NO)[nH]c2ccc(Br)cc12. The van der Waals surface area contributed by atoms with Crippen molar-refractivity contribution < 1.29 is 5.21 Å². The van der Waals surface area contributed by atoms with Crippen LogP contribution in [-0.2, 0) is 0 Å². The molecule has 0 radical (unpaired) electrons. The third kappa shape index (κ3) is 2.70. The van der Waals surface area contributed by atoms with E-state index in [-0.39, 0.29) is 0 Å². The number of halogens is 1. The fourth-order valence-corrected chi connectivity index (χ4v) is 2.67. The maximum absolute atomic E-state index is 9.43. The first-order chi connectivity index (χ1) is 10.2. The van der Waals surface area contributed by atoms with Crippen LogP contribution in [0, 0.1) is 6.92 Å². The summed E-state index contributed by atoms with van der Waals surface area (Å²) in [6.45, 7) is 2.00. The van der Waals surface area contributed by atoms with E-state index in [0.29, 0.717) is 5.84 Å². The Labute approximate surface area is 130 Å². The van der Waals surface area contributed by atoms with Crippen molar-refractivity contribution in [2.24, 2.45) is 4.99 Å². The summed E-state index contributed by atoms with van der Waals surface area (Å²) in [6.07, 6.45) is 0. The molecule has 1 aromatic heterocycles. The summed E-state index contributed by atoms with van der Waals surface area (Å²) in [6, 6.07) is 15.5. The number of aryl methyl sites for hydroxylation is 1. The third-order valence-electron chi connectivity index (χ3n) is 3.36. The molecule has 0 aliphatic rings. The Hall–Kier alpha value is -2.11. The average molecular weight is 344 g/mol. The molecular formula is C16H14BrN3O. The Balaban J connectivity index is 2.13. The quantitative estimate of drug-likeness (QED) is 0.369. The first kappa shape index (κ1) is 13.9. The van der Waals surface area contributed by atoms with Crippen LogP contribution < -0.4 is 5.48 Å². The lowest BCUT2D eigenvalue weighted by Gasteiger charge is -2.04. The van der Waals surface area contributed by atoms with Crippen molar-refractivity contribution in [1.29, 1.82) is 0 Å². The van der Waals surface area contributed by atoms with E-state index in [4.69, 9.17) is 0 Å². The number of fused-ring (bicyclic) bond motifs is 1. The molecule has 0 bridgehead atoms. The van der Waals surface area contributed by atoms with Crippen molar-refractivity contribution >= 4 is 38.4 Å². The van der Waals surface area contributed by atoms with Crippen LogP contribution in [0.25, 0.3) is 10.9 Å².